The molecule has 1 heterocycles. The normalized spacial score (nSPS) is 10.4. The summed E-state index contributed by atoms with van der Waals surface area (Å²) in [6, 6.07) is 3.85. The molecule has 60 valence electrons. The van der Waals surface area contributed by atoms with Crippen molar-refractivity contribution in [2.45, 2.75) is 0 Å². The molecule has 0 unspecified atom stereocenters. The maximum Gasteiger partial charge on any atom is 0.113 e. The van der Waals surface area contributed by atoms with Crippen LogP contribution < -0.4 is 5.73 Å². The van der Waals surface area contributed by atoms with Gasteiger partial charge in [0.05, 0.1) is 11.2 Å². The summed E-state index contributed by atoms with van der Waals surface area (Å²) >= 11 is 2.18. The van der Waals surface area contributed by atoms with E-state index in [4.69, 9.17) is 5.73 Å². The number of nitrogens with two attached hydrogens (primary N) is 1. The van der Waals surface area contributed by atoms with Gasteiger partial charge in [-0.25, -0.2) is 0 Å². The van der Waals surface area contributed by atoms with Gasteiger partial charge in [0.1, 0.15) is 5.52 Å². The maximum absolute atomic E-state index is 5.81. The number of rotatable bonds is 0. The molecule has 0 saturated carbocycles. The van der Waals surface area contributed by atoms with Gasteiger partial charge in [0.25, 0.3) is 0 Å². The molecule has 0 aliphatic carbocycles. The third-order valence-corrected chi connectivity index (χ3v) is 2.57. The van der Waals surface area contributed by atoms with Crippen molar-refractivity contribution < 1.29 is 0 Å². The van der Waals surface area contributed by atoms with Gasteiger partial charge in [0, 0.05) is 16.0 Å². The number of anilines is 1. The van der Waals surface area contributed by atoms with Crippen molar-refractivity contribution in [1.82, 2.24) is 9.97 Å². The molecule has 0 bridgehead atoms. The van der Waals surface area contributed by atoms with Gasteiger partial charge < -0.3 is 5.73 Å². The van der Waals surface area contributed by atoms with E-state index in [-0.39, 0.29) is 0 Å². The van der Waals surface area contributed by atoms with E-state index in [9.17, 15) is 0 Å². The molecule has 0 aliphatic rings. The summed E-state index contributed by atoms with van der Waals surface area (Å²) in [4.78, 5) is 8.29. The van der Waals surface area contributed by atoms with Gasteiger partial charge in [-0.2, -0.15) is 0 Å². The smallest absolute Gasteiger partial charge is 0.113 e. The highest BCUT2D eigenvalue weighted by Crippen LogP contribution is 2.21. The lowest BCUT2D eigenvalue weighted by molar-refractivity contribution is 1.29. The minimum atomic E-state index is 0.709. The Bertz CT molecular complexity index is 428. The highest BCUT2D eigenvalue weighted by molar-refractivity contribution is 14.1. The number of aromatic nitrogens is 2. The van der Waals surface area contributed by atoms with E-state index in [2.05, 4.69) is 32.6 Å². The highest BCUT2D eigenvalue weighted by Gasteiger charge is 2.02. The number of nitrogens with zero attached hydrogens (tertiary/aromatic N) is 2. The average Bonchev–Trinajstić information content (AvgIpc) is 2.12. The lowest BCUT2D eigenvalue weighted by Gasteiger charge is -2.00. The van der Waals surface area contributed by atoms with E-state index in [1.807, 2.05) is 12.1 Å². The monoisotopic (exact) mass is 271 g/mol. The van der Waals surface area contributed by atoms with Crippen LogP contribution in [0.4, 0.5) is 5.69 Å². The average molecular weight is 271 g/mol. The van der Waals surface area contributed by atoms with E-state index in [0.29, 0.717) is 5.69 Å². The molecule has 0 fully saturated rings. The van der Waals surface area contributed by atoms with E-state index in [1.54, 1.807) is 12.4 Å². The van der Waals surface area contributed by atoms with Gasteiger partial charge >= 0.3 is 0 Å². The van der Waals surface area contributed by atoms with Gasteiger partial charge in [-0.05, 0) is 34.7 Å². The molecule has 0 spiro atoms. The van der Waals surface area contributed by atoms with Crippen molar-refractivity contribution in [3.05, 3.63) is 28.1 Å². The molecule has 3 nitrogen and oxygen atoms in total. The van der Waals surface area contributed by atoms with Crippen molar-refractivity contribution in [3.8, 4) is 0 Å². The Morgan fingerprint density at radius 2 is 1.92 bits per heavy atom. The molecule has 2 rings (SSSR count). The van der Waals surface area contributed by atoms with Crippen LogP contribution >= 0.6 is 22.6 Å². The molecule has 2 aromatic rings. The fourth-order valence-corrected chi connectivity index (χ4v) is 1.47. The first-order valence-corrected chi connectivity index (χ1v) is 4.51. The second-order valence-electron chi connectivity index (χ2n) is 2.39. The number of hydrogen-bond acceptors (Lipinski definition) is 3. The van der Waals surface area contributed by atoms with Crippen LogP contribution in [0.1, 0.15) is 0 Å². The summed E-state index contributed by atoms with van der Waals surface area (Å²) in [5.41, 5.74) is 8.14. The van der Waals surface area contributed by atoms with Crippen LogP contribution in [0, 0.1) is 3.57 Å². The molecule has 12 heavy (non-hydrogen) atoms. The molecule has 4 heteroatoms. The Morgan fingerprint density at radius 3 is 2.75 bits per heavy atom. The van der Waals surface area contributed by atoms with Gasteiger partial charge in [-0.15, -0.1) is 0 Å². The Balaban J connectivity index is 2.91. The zero-order chi connectivity index (χ0) is 8.55. The van der Waals surface area contributed by atoms with E-state index >= 15 is 0 Å². The summed E-state index contributed by atoms with van der Waals surface area (Å²) in [6.45, 7) is 0. The summed E-state index contributed by atoms with van der Waals surface area (Å²) < 4.78 is 1.01. The fourth-order valence-electron chi connectivity index (χ4n) is 1.03. The number of hydrogen-bond donors (Lipinski definition) is 1. The van der Waals surface area contributed by atoms with Gasteiger partial charge in [-0.1, -0.05) is 0 Å². The molecule has 1 aromatic heterocycles. The number of fused-ring (bicyclic) bond motifs is 1. The summed E-state index contributed by atoms with van der Waals surface area (Å²) in [6.07, 6.45) is 3.31. The Labute approximate surface area is 83.2 Å². The van der Waals surface area contributed by atoms with Crippen LogP contribution in [0.2, 0.25) is 0 Å². The molecule has 1 aromatic carbocycles. The number of benzene rings is 1. The second kappa shape index (κ2) is 2.85. The molecule has 0 radical (unpaired) electrons. The first-order valence-electron chi connectivity index (χ1n) is 3.44. The topological polar surface area (TPSA) is 51.8 Å². The summed E-state index contributed by atoms with van der Waals surface area (Å²) in [7, 11) is 0. The maximum atomic E-state index is 5.81. The van der Waals surface area contributed by atoms with E-state index in [0.717, 1.165) is 14.6 Å². The highest BCUT2D eigenvalue weighted by atomic mass is 127. The van der Waals surface area contributed by atoms with Crippen molar-refractivity contribution in [3.63, 3.8) is 0 Å². The lowest BCUT2D eigenvalue weighted by atomic mass is 10.2. The van der Waals surface area contributed by atoms with Crippen molar-refractivity contribution in [2.24, 2.45) is 0 Å². The molecule has 0 atom stereocenters. The molecular weight excluding hydrogens is 265 g/mol. The quantitative estimate of drug-likeness (QED) is 0.587. The third-order valence-electron chi connectivity index (χ3n) is 1.63. The van der Waals surface area contributed by atoms with Crippen LogP contribution in [0.25, 0.3) is 11.0 Å². The zero-order valence-electron chi connectivity index (χ0n) is 6.16. The van der Waals surface area contributed by atoms with Crippen LogP contribution in [0.3, 0.4) is 0 Å². The summed E-state index contributed by atoms with van der Waals surface area (Å²) in [5.74, 6) is 0. The zero-order valence-corrected chi connectivity index (χ0v) is 8.32. The predicted molar refractivity (Wildman–Crippen MR) is 56.7 cm³/mol. The van der Waals surface area contributed by atoms with Gasteiger partial charge in [-0.3, -0.25) is 9.97 Å². The Kier molecular flexibility index (Phi) is 1.84. The minimum Gasteiger partial charge on any atom is -0.396 e. The fraction of sp³-hybridized carbons (Fsp3) is 0. The lowest BCUT2D eigenvalue weighted by Crippen LogP contribution is -1.93. The number of nitrogen functional groups attached to an aromatic ring is 1. The molecule has 0 aliphatic heterocycles. The summed E-state index contributed by atoms with van der Waals surface area (Å²) in [5, 5.41) is 0. The molecular formula is C8H6IN3. The molecule has 0 saturated heterocycles. The first kappa shape index (κ1) is 7.72. The van der Waals surface area contributed by atoms with Crippen molar-refractivity contribution in [1.29, 1.82) is 0 Å². The predicted octanol–water partition coefficient (Wildman–Crippen LogP) is 1.82. The van der Waals surface area contributed by atoms with E-state index < -0.39 is 0 Å². The minimum absolute atomic E-state index is 0.709. The van der Waals surface area contributed by atoms with Crippen LogP contribution in [-0.4, -0.2) is 9.97 Å². The standard InChI is InChI=1S/C8H6IN3/c9-5-1-2-6-8(7(5)10)12-4-3-11-6/h1-4H,10H2. The van der Waals surface area contributed by atoms with Crippen molar-refractivity contribution >= 4 is 39.3 Å². The first-order chi connectivity index (χ1) is 5.79. The second-order valence-corrected chi connectivity index (χ2v) is 3.55. The Hall–Kier alpha value is -0.910. The van der Waals surface area contributed by atoms with Gasteiger partial charge in [0.15, 0.2) is 0 Å². The Morgan fingerprint density at radius 1 is 1.17 bits per heavy atom. The molecule has 0 amide bonds. The number of halogens is 1. The SMILES string of the molecule is Nc1c(I)ccc2nccnc12. The van der Waals surface area contributed by atoms with Crippen molar-refractivity contribution in [2.75, 3.05) is 5.73 Å². The van der Waals surface area contributed by atoms with Gasteiger partial charge in [0.2, 0.25) is 0 Å². The van der Waals surface area contributed by atoms with Crippen LogP contribution in [-0.2, 0) is 0 Å². The van der Waals surface area contributed by atoms with Crippen LogP contribution in [0.5, 0.6) is 0 Å². The van der Waals surface area contributed by atoms with Crippen LogP contribution in [0.15, 0.2) is 24.5 Å². The third kappa shape index (κ3) is 1.12. The molecule has 2 N–H and O–H groups in total. The largest absolute Gasteiger partial charge is 0.396 e. The van der Waals surface area contributed by atoms with E-state index in [1.165, 1.54) is 0 Å².